The Morgan fingerprint density at radius 2 is 0.637 bits per heavy atom. The highest BCUT2D eigenvalue weighted by molar-refractivity contribution is 5.97. The van der Waals surface area contributed by atoms with Crippen LogP contribution in [0, 0.1) is 0 Å². The van der Waals surface area contributed by atoms with Crippen LogP contribution in [0.1, 0.15) is 128 Å². The second-order valence-electron chi connectivity index (χ2n) is 31.9. The number of carboxylic acid groups (broad SMARTS) is 3. The van der Waals surface area contributed by atoms with E-state index < -0.39 is 72.0 Å². The average molecular weight is 1830 g/mol. The number of urea groups is 3. The average Bonchev–Trinajstić information content (AvgIpc) is 1.70. The lowest BCUT2D eigenvalue weighted by atomic mass is 9.96. The SMILES string of the molecule is CC(C)NC(=O)N(Cc1ccc(C(=O)NCC(NC(=O)OCc2ccccc2)C(=O)O)cc1)Cc1nc2ccccc2[nH]1.O=C(NC(CNC(=O)c1ccc(CN(Cc2nc3ccccc3[nH]2)C(=O)NC2CCCCC2)cc1)C(=O)O)OCc1ccccc1.O=C(NC(CNC(=O)c1ccc(CN(Cc2nc3ccccc3[nH]2)C(=O)Nc2ccccc2)cc1)C(=O)O)OCc1ccccc1. The Bertz CT molecular complexity index is 6070. The van der Waals surface area contributed by atoms with Crippen molar-refractivity contribution in [2.45, 2.75) is 135 Å². The van der Waals surface area contributed by atoms with Crippen LogP contribution in [0.15, 0.2) is 267 Å². The number of carbonyl (C=O) groups excluding carboxylic acids is 9. The summed E-state index contributed by atoms with van der Waals surface area (Å²) in [5.41, 5.74) is 11.1. The van der Waals surface area contributed by atoms with Gasteiger partial charge < -0.3 is 107 Å². The van der Waals surface area contributed by atoms with Crippen molar-refractivity contribution in [3.05, 3.63) is 334 Å². The molecule has 1 fully saturated rings. The summed E-state index contributed by atoms with van der Waals surface area (Å²) in [5.74, 6) is -3.60. The predicted octanol–water partition coefficient (Wildman–Crippen LogP) is 13.4. The van der Waals surface area contributed by atoms with E-state index in [0.29, 0.717) is 28.7 Å². The van der Waals surface area contributed by atoms with E-state index in [1.165, 1.54) is 6.42 Å². The summed E-state index contributed by atoms with van der Waals surface area (Å²) < 4.78 is 15.2. The number of nitrogens with one attached hydrogen (secondary N) is 12. The zero-order valence-electron chi connectivity index (χ0n) is 74.0. The molecule has 1 saturated carbocycles. The number of nitrogens with zero attached hydrogens (tertiary/aromatic N) is 6. The first-order valence-corrected chi connectivity index (χ1v) is 43.6. The maximum atomic E-state index is 13.4. The largest absolute Gasteiger partial charge is 0.480 e. The second-order valence-corrected chi connectivity index (χ2v) is 31.9. The quantitative estimate of drug-likeness (QED) is 0.0162. The Balaban J connectivity index is 0.000000182. The van der Waals surface area contributed by atoms with Crippen molar-refractivity contribution in [3.63, 3.8) is 0 Å². The molecule has 13 aromatic rings. The van der Waals surface area contributed by atoms with Crippen LogP contribution in [-0.4, -0.2) is 182 Å². The zero-order chi connectivity index (χ0) is 95.4. The summed E-state index contributed by atoms with van der Waals surface area (Å²) in [6, 6.07) is 73.9. The molecule has 0 radical (unpaired) electrons. The number of H-pyrrole nitrogens is 3. The summed E-state index contributed by atoms with van der Waals surface area (Å²) in [6.45, 7) is 4.11. The summed E-state index contributed by atoms with van der Waals surface area (Å²) in [5, 5.41) is 51.9. The normalized spacial score (nSPS) is 12.2. The van der Waals surface area contributed by atoms with E-state index in [0.717, 1.165) is 92.2 Å². The molecule has 1 aliphatic carbocycles. The molecule has 15 N–H and O–H groups in total. The van der Waals surface area contributed by atoms with Gasteiger partial charge in [0.15, 0.2) is 0 Å². The molecule has 3 aromatic heterocycles. The predicted molar refractivity (Wildman–Crippen MR) is 500 cm³/mol. The van der Waals surface area contributed by atoms with Crippen molar-refractivity contribution in [2.24, 2.45) is 0 Å². The van der Waals surface area contributed by atoms with Crippen molar-refractivity contribution in [1.29, 1.82) is 0 Å². The number of hydrogen-bond donors (Lipinski definition) is 15. The van der Waals surface area contributed by atoms with Gasteiger partial charge in [0, 0.05) is 73.7 Å². The van der Waals surface area contributed by atoms with Gasteiger partial charge in [-0.05, 0) is 145 Å². The van der Waals surface area contributed by atoms with Crippen LogP contribution in [0.2, 0.25) is 0 Å². The van der Waals surface area contributed by atoms with Gasteiger partial charge in [0.25, 0.3) is 17.7 Å². The number of amides is 12. The number of ether oxygens (including phenoxy) is 3. The van der Waals surface area contributed by atoms with Gasteiger partial charge in [-0.3, -0.25) is 14.4 Å². The van der Waals surface area contributed by atoms with Gasteiger partial charge >= 0.3 is 54.3 Å². The molecule has 0 bridgehead atoms. The lowest BCUT2D eigenvalue weighted by molar-refractivity contribution is -0.140. The minimum atomic E-state index is -1.40. The van der Waals surface area contributed by atoms with Crippen LogP contribution in [0.4, 0.5) is 34.5 Å². The summed E-state index contributed by atoms with van der Waals surface area (Å²) in [7, 11) is 0. The standard InChI is InChI=1S/C34H38N6O6.C34H32N6O6.C31H34N6O6/c2*41-31(35-19-29(32(42)43)39-34(45)46-22-24-9-3-1-4-10-24)25-17-15-23(16-18-25)20-40(33(44)36-26-11-5-2-6-12-26)21-30-37-27-13-7-8-14-28(27)38-30;1-20(2)33-30(41)37(18-27-34-24-10-6-7-11-25(24)35-27)17-21-12-14-23(15-13-21)28(38)32-16-26(29(39)40)36-31(42)43-19-22-8-4-3-5-9-22/h1,3-4,7-10,13-18,26,29H,2,5-6,11-12,19-22H2,(H,35,41)(H,36,44)(H,37,38)(H,39,45)(H,42,43);1-18,29H,19-22H2,(H,35,41)(H,36,44)(H,37,38)(H,39,45)(H,42,43);3-15,20,26H,16-19H2,1-2H3,(H,32,38)(H,33,41)(H,34,35)(H,36,42)(H,39,40). The molecule has 3 heterocycles. The molecule has 36 nitrogen and oxygen atoms in total. The van der Waals surface area contributed by atoms with Gasteiger partial charge in [-0.2, -0.15) is 0 Å². The zero-order valence-corrected chi connectivity index (χ0v) is 74.0. The van der Waals surface area contributed by atoms with Gasteiger partial charge in [0.1, 0.15) is 55.4 Å². The number of aliphatic carboxylic acids is 3. The molecule has 0 spiro atoms. The van der Waals surface area contributed by atoms with Gasteiger partial charge in [0.2, 0.25) is 0 Å². The fourth-order valence-electron chi connectivity index (χ4n) is 14.1. The smallest absolute Gasteiger partial charge is 0.408 e. The number of benzene rings is 10. The summed E-state index contributed by atoms with van der Waals surface area (Å²) in [6.07, 6.45) is 2.56. The molecule has 10 aromatic carbocycles. The van der Waals surface area contributed by atoms with Crippen LogP contribution in [0.25, 0.3) is 33.1 Å². The van der Waals surface area contributed by atoms with Gasteiger partial charge in [-0.25, -0.2) is 58.1 Å². The number of rotatable bonds is 36. The lowest BCUT2D eigenvalue weighted by Gasteiger charge is -2.28. The molecule has 135 heavy (non-hydrogen) atoms. The molecule has 0 aliphatic heterocycles. The van der Waals surface area contributed by atoms with E-state index in [4.69, 9.17) is 14.2 Å². The number of aromatic amines is 3. The van der Waals surface area contributed by atoms with Gasteiger partial charge in [0.05, 0.1) is 52.7 Å². The summed E-state index contributed by atoms with van der Waals surface area (Å²) in [4.78, 5) is 178. The van der Waals surface area contributed by atoms with Crippen LogP contribution in [-0.2, 0) is 87.7 Å². The number of hydrogen-bond acceptors (Lipinski definition) is 18. The molecule has 1 aliphatic rings. The Labute approximate surface area is 775 Å². The van der Waals surface area contributed by atoms with Gasteiger partial charge in [-0.15, -0.1) is 0 Å². The monoisotopic (exact) mass is 1830 g/mol. The van der Waals surface area contributed by atoms with Crippen LogP contribution >= 0.6 is 0 Å². The van der Waals surface area contributed by atoms with E-state index in [1.807, 2.05) is 123 Å². The number of aromatic nitrogens is 6. The molecule has 3 unspecified atom stereocenters. The van der Waals surface area contributed by atoms with Crippen molar-refractivity contribution in [3.8, 4) is 0 Å². The molecule has 14 rings (SSSR count). The Morgan fingerprint density at radius 3 is 0.948 bits per heavy atom. The fraction of sp³-hybridized carbons (Fsp3) is 0.242. The number of anilines is 1. The first-order valence-electron chi connectivity index (χ1n) is 43.6. The van der Waals surface area contributed by atoms with Crippen LogP contribution in [0.3, 0.4) is 0 Å². The molecular weight excluding hydrogens is 1730 g/mol. The van der Waals surface area contributed by atoms with Crippen molar-refractivity contribution in [1.82, 2.24) is 87.1 Å². The highest BCUT2D eigenvalue weighted by Gasteiger charge is 2.29. The number of fused-ring (bicyclic) bond motifs is 3. The number of para-hydroxylation sites is 7. The van der Waals surface area contributed by atoms with Crippen molar-refractivity contribution in [2.75, 3.05) is 25.0 Å². The Kier molecular flexibility index (Phi) is 35.4. The Morgan fingerprint density at radius 1 is 0.341 bits per heavy atom. The third kappa shape index (κ3) is 30.9. The molecule has 0 saturated heterocycles. The minimum absolute atomic E-state index is 0.0182. The van der Waals surface area contributed by atoms with E-state index in [-0.39, 0.29) is 120 Å². The fourth-order valence-corrected chi connectivity index (χ4v) is 14.1. The highest BCUT2D eigenvalue weighted by Crippen LogP contribution is 2.23. The second kappa shape index (κ2) is 49.2. The number of carboxylic acids is 3. The topological polar surface area (TPSA) is 497 Å². The van der Waals surface area contributed by atoms with Gasteiger partial charge in [-0.1, -0.05) is 201 Å². The van der Waals surface area contributed by atoms with Crippen LogP contribution < -0.4 is 47.9 Å². The Hall–Kier alpha value is -17.0. The molecule has 698 valence electrons. The molecule has 12 amide bonds. The lowest BCUT2D eigenvalue weighted by Crippen LogP contribution is -2.48. The van der Waals surface area contributed by atoms with E-state index in [2.05, 4.69) is 77.8 Å². The third-order valence-electron chi connectivity index (χ3n) is 21.1. The molecule has 36 heteroatoms. The number of carbonyl (C=O) groups is 12. The van der Waals surface area contributed by atoms with E-state index in [1.54, 1.807) is 172 Å². The van der Waals surface area contributed by atoms with E-state index in [9.17, 15) is 72.9 Å². The van der Waals surface area contributed by atoms with E-state index >= 15 is 0 Å². The summed E-state index contributed by atoms with van der Waals surface area (Å²) >= 11 is 0. The van der Waals surface area contributed by atoms with Crippen molar-refractivity contribution >= 4 is 111 Å². The maximum Gasteiger partial charge on any atom is 0.408 e. The maximum absolute atomic E-state index is 13.4. The first-order chi connectivity index (χ1) is 65.3. The molecular formula is C99H104N18O18. The first kappa shape index (κ1) is 97.1. The number of alkyl carbamates (subject to hydrolysis) is 3. The van der Waals surface area contributed by atoms with Crippen molar-refractivity contribution < 1.29 is 87.1 Å². The third-order valence-corrected chi connectivity index (χ3v) is 21.1. The van der Waals surface area contributed by atoms with Crippen LogP contribution in [0.5, 0.6) is 0 Å². The molecule has 3 atom stereocenters. The minimum Gasteiger partial charge on any atom is -0.480 e. The number of imidazole rings is 3. The highest BCUT2D eigenvalue weighted by atomic mass is 16.6.